The molecule has 1 aliphatic heterocycles. The van der Waals surface area contributed by atoms with E-state index in [1.807, 2.05) is 12.1 Å². The first kappa shape index (κ1) is 19.7. The molecule has 1 aliphatic rings. The first-order valence-corrected chi connectivity index (χ1v) is 10.5. The summed E-state index contributed by atoms with van der Waals surface area (Å²) in [6, 6.07) is 23.8. The topological polar surface area (TPSA) is 19.7 Å². The van der Waals surface area contributed by atoms with E-state index in [0.29, 0.717) is 17.1 Å². The van der Waals surface area contributed by atoms with Crippen LogP contribution in [0.4, 0.5) is 15.8 Å². The number of hydrogen-bond donors (Lipinski definition) is 2. The zero-order valence-electron chi connectivity index (χ0n) is 16.4. The Morgan fingerprint density at radius 3 is 2.31 bits per heavy atom. The van der Waals surface area contributed by atoms with Gasteiger partial charge in [0, 0.05) is 34.1 Å². The minimum Gasteiger partial charge on any atom is -0.381 e. The Balaban J connectivity index is 1.29. The lowest BCUT2D eigenvalue weighted by Crippen LogP contribution is -3.13. The maximum Gasteiger partial charge on any atom is 0.129 e. The smallest absolute Gasteiger partial charge is 0.129 e. The third-order valence-corrected chi connectivity index (χ3v) is 5.89. The monoisotopic (exact) mass is 410 g/mol. The van der Waals surface area contributed by atoms with E-state index in [-0.39, 0.29) is 5.82 Å². The van der Waals surface area contributed by atoms with Crippen LogP contribution in [0.2, 0.25) is 5.02 Å². The van der Waals surface area contributed by atoms with Crippen molar-refractivity contribution >= 4 is 23.0 Å². The number of benzene rings is 3. The predicted molar refractivity (Wildman–Crippen MR) is 118 cm³/mol. The summed E-state index contributed by atoms with van der Waals surface area (Å²) in [5.41, 5.74) is 4.09. The van der Waals surface area contributed by atoms with Gasteiger partial charge in [0.2, 0.25) is 0 Å². The minimum atomic E-state index is -0.280. The highest BCUT2D eigenvalue weighted by Gasteiger charge is 2.20. The molecule has 1 heterocycles. The summed E-state index contributed by atoms with van der Waals surface area (Å²) >= 11 is 6.10. The van der Waals surface area contributed by atoms with Crippen LogP contribution in [0, 0.1) is 5.82 Å². The van der Waals surface area contributed by atoms with Crippen molar-refractivity contribution in [3.63, 3.8) is 0 Å². The standard InChI is InChI=1S/C24H25ClFN3/c25-23-7-4-8-24(26)22(23)17-27-20-9-11-21(12-10-20)29-15-13-28(14-16-29)18-19-5-2-1-3-6-19/h1-12,27H,13-18H2/p+1. The number of piperazine rings is 1. The van der Waals surface area contributed by atoms with Gasteiger partial charge in [-0.25, -0.2) is 4.39 Å². The van der Waals surface area contributed by atoms with Gasteiger partial charge in [0.1, 0.15) is 12.4 Å². The fraction of sp³-hybridized carbons (Fsp3) is 0.250. The van der Waals surface area contributed by atoms with Crippen LogP contribution in [0.3, 0.4) is 0 Å². The molecule has 0 radical (unpaired) electrons. The number of nitrogens with one attached hydrogen (secondary N) is 2. The molecule has 0 saturated carbocycles. The van der Waals surface area contributed by atoms with Crippen LogP contribution in [-0.2, 0) is 13.1 Å². The molecule has 1 saturated heterocycles. The molecule has 29 heavy (non-hydrogen) atoms. The van der Waals surface area contributed by atoms with Crippen LogP contribution in [0.15, 0.2) is 72.8 Å². The summed E-state index contributed by atoms with van der Waals surface area (Å²) in [4.78, 5) is 4.07. The van der Waals surface area contributed by atoms with Crippen molar-refractivity contribution in [3.05, 3.63) is 94.8 Å². The summed E-state index contributed by atoms with van der Waals surface area (Å²) in [5.74, 6) is -0.280. The van der Waals surface area contributed by atoms with E-state index in [1.54, 1.807) is 17.0 Å². The molecule has 3 aromatic rings. The molecule has 1 fully saturated rings. The highest BCUT2D eigenvalue weighted by atomic mass is 35.5. The Morgan fingerprint density at radius 1 is 0.897 bits per heavy atom. The van der Waals surface area contributed by atoms with Gasteiger partial charge in [0.25, 0.3) is 0 Å². The van der Waals surface area contributed by atoms with Crippen LogP contribution in [0.25, 0.3) is 0 Å². The zero-order chi connectivity index (χ0) is 20.1. The van der Waals surface area contributed by atoms with Crippen molar-refractivity contribution in [2.75, 3.05) is 36.4 Å². The molecule has 0 aromatic heterocycles. The molecule has 0 amide bonds. The number of quaternary nitrogens is 1. The van der Waals surface area contributed by atoms with Crippen molar-refractivity contribution < 1.29 is 9.29 Å². The van der Waals surface area contributed by atoms with Crippen LogP contribution in [0.1, 0.15) is 11.1 Å². The average molecular weight is 411 g/mol. The van der Waals surface area contributed by atoms with Gasteiger partial charge in [0.05, 0.1) is 26.2 Å². The summed E-state index contributed by atoms with van der Waals surface area (Å²) in [7, 11) is 0. The summed E-state index contributed by atoms with van der Waals surface area (Å²) in [5, 5.41) is 3.71. The van der Waals surface area contributed by atoms with Gasteiger partial charge in [-0.15, -0.1) is 0 Å². The third-order valence-electron chi connectivity index (χ3n) is 5.53. The maximum absolute atomic E-state index is 13.9. The molecule has 0 spiro atoms. The first-order valence-electron chi connectivity index (χ1n) is 10.1. The van der Waals surface area contributed by atoms with Crippen LogP contribution >= 0.6 is 11.6 Å². The highest BCUT2D eigenvalue weighted by Crippen LogP contribution is 2.22. The number of anilines is 2. The minimum absolute atomic E-state index is 0.280. The molecule has 0 atom stereocenters. The van der Waals surface area contributed by atoms with E-state index in [9.17, 15) is 4.39 Å². The van der Waals surface area contributed by atoms with Gasteiger partial charge in [-0.2, -0.15) is 0 Å². The largest absolute Gasteiger partial charge is 0.381 e. The number of halogens is 2. The summed E-state index contributed by atoms with van der Waals surface area (Å²) < 4.78 is 13.9. The Morgan fingerprint density at radius 2 is 1.62 bits per heavy atom. The van der Waals surface area contributed by atoms with Crippen LogP contribution in [0.5, 0.6) is 0 Å². The lowest BCUT2D eigenvalue weighted by atomic mass is 10.2. The third kappa shape index (κ3) is 5.08. The van der Waals surface area contributed by atoms with Crippen molar-refractivity contribution in [2.45, 2.75) is 13.1 Å². The number of rotatable bonds is 6. The van der Waals surface area contributed by atoms with Gasteiger partial charge in [0.15, 0.2) is 0 Å². The number of hydrogen-bond acceptors (Lipinski definition) is 2. The van der Waals surface area contributed by atoms with Gasteiger partial charge >= 0.3 is 0 Å². The molecule has 0 aliphatic carbocycles. The second kappa shape index (κ2) is 9.29. The van der Waals surface area contributed by atoms with E-state index >= 15 is 0 Å². The quantitative estimate of drug-likeness (QED) is 0.640. The van der Waals surface area contributed by atoms with E-state index in [2.05, 4.69) is 52.7 Å². The van der Waals surface area contributed by atoms with E-state index in [4.69, 9.17) is 11.6 Å². The number of nitrogens with zero attached hydrogens (tertiary/aromatic N) is 1. The normalized spacial score (nSPS) is 14.8. The SMILES string of the molecule is Fc1cccc(Cl)c1CNc1ccc(N2CC[NH+](Cc3ccccc3)CC2)cc1. The fourth-order valence-electron chi connectivity index (χ4n) is 3.82. The molecule has 5 heteroatoms. The molecule has 0 unspecified atom stereocenters. The molecule has 0 bridgehead atoms. The second-order valence-corrected chi connectivity index (χ2v) is 7.91. The van der Waals surface area contributed by atoms with E-state index in [1.165, 1.54) is 17.3 Å². The Kier molecular flexibility index (Phi) is 6.33. The lowest BCUT2D eigenvalue weighted by Gasteiger charge is -2.33. The van der Waals surface area contributed by atoms with Crippen molar-refractivity contribution in [1.82, 2.24) is 0 Å². The van der Waals surface area contributed by atoms with Crippen molar-refractivity contribution in [3.8, 4) is 0 Å². The molecular formula is C24H26ClFN3+. The Labute approximate surface area is 176 Å². The van der Waals surface area contributed by atoms with Crippen LogP contribution in [-0.4, -0.2) is 26.2 Å². The molecule has 3 nitrogen and oxygen atoms in total. The molecule has 4 rings (SSSR count). The molecular weight excluding hydrogens is 385 g/mol. The van der Waals surface area contributed by atoms with E-state index < -0.39 is 0 Å². The van der Waals surface area contributed by atoms with Gasteiger partial charge in [-0.1, -0.05) is 48.0 Å². The van der Waals surface area contributed by atoms with Crippen molar-refractivity contribution in [2.24, 2.45) is 0 Å². The molecule has 3 aromatic carbocycles. The van der Waals surface area contributed by atoms with Gasteiger partial charge in [-0.3, -0.25) is 0 Å². The Bertz CT molecular complexity index is 902. The zero-order valence-corrected chi connectivity index (χ0v) is 17.1. The highest BCUT2D eigenvalue weighted by molar-refractivity contribution is 6.31. The summed E-state index contributed by atoms with van der Waals surface area (Å²) in [6.07, 6.45) is 0. The fourth-order valence-corrected chi connectivity index (χ4v) is 4.05. The lowest BCUT2D eigenvalue weighted by molar-refractivity contribution is -0.914. The van der Waals surface area contributed by atoms with Crippen molar-refractivity contribution in [1.29, 1.82) is 0 Å². The second-order valence-electron chi connectivity index (χ2n) is 7.50. The molecule has 2 N–H and O–H groups in total. The Hall–Kier alpha value is -2.56. The van der Waals surface area contributed by atoms with E-state index in [0.717, 1.165) is 38.4 Å². The summed E-state index contributed by atoms with van der Waals surface area (Å²) in [6.45, 7) is 5.85. The molecule has 150 valence electrons. The van der Waals surface area contributed by atoms with Gasteiger partial charge in [-0.05, 0) is 36.4 Å². The maximum atomic E-state index is 13.9. The van der Waals surface area contributed by atoms with Crippen LogP contribution < -0.4 is 15.1 Å². The van der Waals surface area contributed by atoms with Gasteiger partial charge < -0.3 is 15.1 Å². The first-order chi connectivity index (χ1) is 14.2. The average Bonchev–Trinajstić information content (AvgIpc) is 2.75. The predicted octanol–water partition coefficient (Wildman–Crippen LogP) is 4.00.